The molecule has 0 saturated heterocycles. The minimum Gasteiger partial charge on any atom is -0.480 e. The van der Waals surface area contributed by atoms with Crippen LogP contribution in [0.1, 0.15) is 44.1 Å². The molecule has 0 fully saturated rings. The number of carboxylic acid groups (broad SMARTS) is 1. The highest BCUT2D eigenvalue weighted by molar-refractivity contribution is 5.83. The summed E-state index contributed by atoms with van der Waals surface area (Å²) >= 11 is 0. The van der Waals surface area contributed by atoms with E-state index in [-0.39, 0.29) is 0 Å². The molecule has 1 N–H and O–H groups in total. The molecule has 1 aromatic heterocycles. The second kappa shape index (κ2) is 4.93. The minimum absolute atomic E-state index is 0.781. The van der Waals surface area contributed by atoms with Gasteiger partial charge in [-0.3, -0.25) is 0 Å². The molecular weight excluding hydrogens is 252 g/mol. The summed E-state index contributed by atoms with van der Waals surface area (Å²) in [5.41, 5.74) is 3.12. The first kappa shape index (κ1) is 14.6. The Morgan fingerprint density at radius 2 is 1.90 bits per heavy atom. The lowest BCUT2D eigenvalue weighted by Crippen LogP contribution is -2.36. The highest BCUT2D eigenvalue weighted by Crippen LogP contribution is 2.28. The summed E-state index contributed by atoms with van der Waals surface area (Å²) in [6.45, 7) is 9.62. The van der Waals surface area contributed by atoms with E-state index in [1.807, 2.05) is 23.6 Å². The summed E-state index contributed by atoms with van der Waals surface area (Å²) in [6.07, 6.45) is 1.72. The number of carboxylic acids is 1. The van der Waals surface area contributed by atoms with Gasteiger partial charge in [-0.05, 0) is 57.4 Å². The largest absolute Gasteiger partial charge is 0.480 e. The van der Waals surface area contributed by atoms with Crippen molar-refractivity contribution in [1.82, 2.24) is 9.55 Å². The van der Waals surface area contributed by atoms with Crippen LogP contribution >= 0.6 is 0 Å². The van der Waals surface area contributed by atoms with Crippen molar-refractivity contribution in [2.45, 2.75) is 53.0 Å². The molecule has 1 aromatic carbocycles. The molecule has 1 heterocycles. The maximum absolute atomic E-state index is 11.6. The third-order valence-corrected chi connectivity index (χ3v) is 3.90. The minimum atomic E-state index is -0.999. The molecular formula is C16H22N2O2. The van der Waals surface area contributed by atoms with Crippen molar-refractivity contribution < 1.29 is 9.90 Å². The van der Waals surface area contributed by atoms with Gasteiger partial charge in [-0.25, -0.2) is 9.78 Å². The monoisotopic (exact) mass is 274 g/mol. The van der Waals surface area contributed by atoms with Gasteiger partial charge in [-0.15, -0.1) is 0 Å². The van der Waals surface area contributed by atoms with Gasteiger partial charge in [0.1, 0.15) is 11.4 Å². The lowest BCUT2D eigenvalue weighted by atomic mass is 10.0. The van der Waals surface area contributed by atoms with Gasteiger partial charge in [0.2, 0.25) is 0 Å². The molecule has 0 aliphatic carbocycles. The van der Waals surface area contributed by atoms with Crippen LogP contribution in [-0.4, -0.2) is 20.6 Å². The summed E-state index contributed by atoms with van der Waals surface area (Å²) in [6, 6.07) is 4.08. The predicted octanol–water partition coefficient (Wildman–Crippen LogP) is 3.43. The van der Waals surface area contributed by atoms with E-state index in [4.69, 9.17) is 0 Å². The van der Waals surface area contributed by atoms with E-state index in [0.29, 0.717) is 0 Å². The van der Waals surface area contributed by atoms with Crippen LogP contribution in [-0.2, 0) is 16.8 Å². The third kappa shape index (κ3) is 2.19. The molecule has 0 unspecified atom stereocenters. The fraction of sp³-hybridized carbons (Fsp3) is 0.500. The van der Waals surface area contributed by atoms with Crippen LogP contribution < -0.4 is 0 Å². The molecule has 0 spiro atoms. The third-order valence-electron chi connectivity index (χ3n) is 3.90. The van der Waals surface area contributed by atoms with E-state index >= 15 is 0 Å². The number of carbonyl (C=O) groups is 1. The van der Waals surface area contributed by atoms with Crippen molar-refractivity contribution in [2.75, 3.05) is 0 Å². The Kier molecular flexibility index (Phi) is 3.59. The van der Waals surface area contributed by atoms with Crippen LogP contribution in [0.3, 0.4) is 0 Å². The first-order chi connectivity index (χ1) is 9.28. The first-order valence-electron chi connectivity index (χ1n) is 7.01. The lowest BCUT2D eigenvalue weighted by molar-refractivity contribution is -0.145. The molecule has 0 aliphatic heterocycles. The highest BCUT2D eigenvalue weighted by atomic mass is 16.4. The van der Waals surface area contributed by atoms with Crippen LogP contribution in [0, 0.1) is 13.8 Å². The van der Waals surface area contributed by atoms with E-state index in [2.05, 4.69) is 18.8 Å². The predicted molar refractivity (Wildman–Crippen MR) is 80.2 cm³/mol. The van der Waals surface area contributed by atoms with Crippen LogP contribution in [0.25, 0.3) is 11.0 Å². The molecule has 20 heavy (non-hydrogen) atoms. The zero-order chi connectivity index (χ0) is 15.1. The van der Waals surface area contributed by atoms with Gasteiger partial charge < -0.3 is 9.67 Å². The van der Waals surface area contributed by atoms with E-state index in [0.717, 1.165) is 35.3 Å². The van der Waals surface area contributed by atoms with Gasteiger partial charge in [-0.2, -0.15) is 0 Å². The summed E-state index contributed by atoms with van der Waals surface area (Å²) in [5, 5.41) is 9.54. The second-order valence-electron chi connectivity index (χ2n) is 5.90. The van der Waals surface area contributed by atoms with Crippen molar-refractivity contribution in [2.24, 2.45) is 0 Å². The fourth-order valence-corrected chi connectivity index (χ4v) is 2.49. The van der Waals surface area contributed by atoms with Gasteiger partial charge in [0.25, 0.3) is 0 Å². The van der Waals surface area contributed by atoms with Crippen LogP contribution in [0.4, 0.5) is 0 Å². The Morgan fingerprint density at radius 1 is 1.30 bits per heavy atom. The van der Waals surface area contributed by atoms with Crippen molar-refractivity contribution in [3.63, 3.8) is 0 Å². The van der Waals surface area contributed by atoms with Crippen molar-refractivity contribution in [1.29, 1.82) is 0 Å². The molecule has 2 rings (SSSR count). The van der Waals surface area contributed by atoms with Crippen LogP contribution in [0.5, 0.6) is 0 Å². The molecule has 0 atom stereocenters. The molecule has 4 heteroatoms. The van der Waals surface area contributed by atoms with E-state index in [1.54, 1.807) is 13.8 Å². The Balaban J connectivity index is 2.81. The SMILES string of the molecule is CCCc1nc2cc(C)c(C)cc2n1C(C)(C)C(=O)O. The number of nitrogens with zero attached hydrogens (tertiary/aromatic N) is 2. The number of aliphatic carboxylic acids is 1. The molecule has 2 aromatic rings. The van der Waals surface area contributed by atoms with Crippen molar-refractivity contribution >= 4 is 17.0 Å². The quantitative estimate of drug-likeness (QED) is 0.929. The number of hydrogen-bond acceptors (Lipinski definition) is 2. The smallest absolute Gasteiger partial charge is 0.329 e. The summed E-state index contributed by atoms with van der Waals surface area (Å²) in [4.78, 5) is 16.3. The Bertz CT molecular complexity index is 669. The van der Waals surface area contributed by atoms with Gasteiger partial charge in [-0.1, -0.05) is 6.92 Å². The number of aromatic nitrogens is 2. The number of fused-ring (bicyclic) bond motifs is 1. The maximum Gasteiger partial charge on any atom is 0.329 e. The van der Waals surface area contributed by atoms with E-state index in [1.165, 1.54) is 5.56 Å². The van der Waals surface area contributed by atoms with Gasteiger partial charge in [0.15, 0.2) is 0 Å². The van der Waals surface area contributed by atoms with Gasteiger partial charge in [0, 0.05) is 6.42 Å². The van der Waals surface area contributed by atoms with Gasteiger partial charge >= 0.3 is 5.97 Å². The number of hydrogen-bond donors (Lipinski definition) is 1. The summed E-state index contributed by atoms with van der Waals surface area (Å²) in [5.74, 6) is 0.00674. The molecule has 108 valence electrons. The lowest BCUT2D eigenvalue weighted by Gasteiger charge is -2.25. The number of rotatable bonds is 4. The second-order valence-corrected chi connectivity index (χ2v) is 5.90. The average Bonchev–Trinajstić information content (AvgIpc) is 2.68. The fourth-order valence-electron chi connectivity index (χ4n) is 2.49. The maximum atomic E-state index is 11.6. The van der Waals surface area contributed by atoms with E-state index in [9.17, 15) is 9.90 Å². The molecule has 0 saturated carbocycles. The first-order valence-corrected chi connectivity index (χ1v) is 7.01. The number of imidazole rings is 1. The number of benzene rings is 1. The van der Waals surface area contributed by atoms with Crippen molar-refractivity contribution in [3.8, 4) is 0 Å². The Morgan fingerprint density at radius 3 is 2.45 bits per heavy atom. The molecule has 0 radical (unpaired) electrons. The zero-order valence-electron chi connectivity index (χ0n) is 12.8. The average molecular weight is 274 g/mol. The van der Waals surface area contributed by atoms with E-state index < -0.39 is 11.5 Å². The molecule has 0 aliphatic rings. The molecule has 0 amide bonds. The van der Waals surface area contributed by atoms with Crippen LogP contribution in [0.15, 0.2) is 12.1 Å². The normalized spacial score (nSPS) is 12.1. The van der Waals surface area contributed by atoms with Crippen LogP contribution in [0.2, 0.25) is 0 Å². The summed E-state index contributed by atoms with van der Waals surface area (Å²) < 4.78 is 1.88. The van der Waals surface area contributed by atoms with Gasteiger partial charge in [0.05, 0.1) is 11.0 Å². The number of aryl methyl sites for hydroxylation is 3. The molecule has 4 nitrogen and oxygen atoms in total. The van der Waals surface area contributed by atoms with Crippen molar-refractivity contribution in [3.05, 3.63) is 29.1 Å². The molecule has 0 bridgehead atoms. The summed E-state index contributed by atoms with van der Waals surface area (Å²) in [7, 11) is 0. The Labute approximate surface area is 119 Å². The standard InChI is InChI=1S/C16H22N2O2/c1-6-7-14-17-12-8-10(2)11(3)9-13(12)18(14)16(4,5)15(19)20/h8-9H,6-7H2,1-5H3,(H,19,20). The highest BCUT2D eigenvalue weighted by Gasteiger charge is 2.33. The topological polar surface area (TPSA) is 55.1 Å². The zero-order valence-corrected chi connectivity index (χ0v) is 12.8. The Hall–Kier alpha value is -1.84.